The molecular weight excluding hydrogens is 486 g/mol. The number of carbonyl (C=O) groups is 1. The highest BCUT2D eigenvalue weighted by Gasteiger charge is 2.30. The Hall–Kier alpha value is -3.77. The van der Waals surface area contributed by atoms with Gasteiger partial charge in [0, 0.05) is 36.8 Å². The fourth-order valence-corrected chi connectivity index (χ4v) is 5.40. The van der Waals surface area contributed by atoms with Crippen molar-refractivity contribution < 1.29 is 22.9 Å². The summed E-state index contributed by atoms with van der Waals surface area (Å²) in [5, 5.41) is 15.9. The Kier molecular flexibility index (Phi) is 7.09. The van der Waals surface area contributed by atoms with Crippen molar-refractivity contribution in [3.63, 3.8) is 0 Å². The third kappa shape index (κ3) is 5.09. The van der Waals surface area contributed by atoms with Gasteiger partial charge in [0.05, 0.1) is 10.6 Å². The van der Waals surface area contributed by atoms with Crippen molar-refractivity contribution in [2.45, 2.75) is 44.6 Å². The molecule has 0 saturated carbocycles. The van der Waals surface area contributed by atoms with Crippen molar-refractivity contribution in [3.05, 3.63) is 69.9 Å². The molecule has 36 heavy (non-hydrogen) atoms. The maximum atomic E-state index is 13.2. The van der Waals surface area contributed by atoms with Gasteiger partial charge in [-0.25, -0.2) is 13.1 Å². The fraction of sp³-hybridized carbons (Fsp3) is 0.333. The van der Waals surface area contributed by atoms with Crippen LogP contribution >= 0.6 is 0 Å². The van der Waals surface area contributed by atoms with Gasteiger partial charge < -0.3 is 9.64 Å². The number of likely N-dealkylation sites (tertiary alicyclic amines) is 1. The van der Waals surface area contributed by atoms with Crippen LogP contribution in [0.15, 0.2) is 53.4 Å². The number of nitro benzene ring substituents is 1. The lowest BCUT2D eigenvalue weighted by Gasteiger charge is -2.15. The van der Waals surface area contributed by atoms with Crippen molar-refractivity contribution in [1.29, 1.82) is 0 Å². The molecular formula is C24H27N5O6S. The first-order valence-corrected chi connectivity index (χ1v) is 13.0. The van der Waals surface area contributed by atoms with E-state index in [-0.39, 0.29) is 23.2 Å². The minimum absolute atomic E-state index is 0.130. The van der Waals surface area contributed by atoms with Crippen LogP contribution in [0.2, 0.25) is 0 Å². The molecule has 1 aliphatic heterocycles. The lowest BCUT2D eigenvalue weighted by Crippen LogP contribution is -2.30. The van der Waals surface area contributed by atoms with Crippen LogP contribution in [0, 0.1) is 17.0 Å². The van der Waals surface area contributed by atoms with E-state index < -0.39 is 31.6 Å². The highest BCUT2D eigenvalue weighted by molar-refractivity contribution is 7.89. The summed E-state index contributed by atoms with van der Waals surface area (Å²) < 4.78 is 36.1. The van der Waals surface area contributed by atoms with Crippen LogP contribution < -0.4 is 9.46 Å². The Morgan fingerprint density at radius 3 is 2.42 bits per heavy atom. The van der Waals surface area contributed by atoms with Gasteiger partial charge in [0.25, 0.3) is 11.6 Å². The largest absolute Gasteiger partial charge is 0.437 e. The quantitative estimate of drug-likeness (QED) is 0.357. The highest BCUT2D eigenvalue weighted by atomic mass is 32.2. The van der Waals surface area contributed by atoms with Crippen molar-refractivity contribution in [1.82, 2.24) is 19.4 Å². The highest BCUT2D eigenvalue weighted by Crippen LogP contribution is 2.36. The second-order valence-corrected chi connectivity index (χ2v) is 10.5. The zero-order chi connectivity index (χ0) is 26.0. The Labute approximate surface area is 208 Å². The number of hydrogen-bond acceptors (Lipinski definition) is 7. The molecule has 0 spiro atoms. The second-order valence-electron chi connectivity index (χ2n) is 8.79. The summed E-state index contributed by atoms with van der Waals surface area (Å²) in [6.07, 6.45) is 1.83. The summed E-state index contributed by atoms with van der Waals surface area (Å²) in [6, 6.07) is 11.9. The van der Waals surface area contributed by atoms with Crippen molar-refractivity contribution >= 4 is 21.6 Å². The molecule has 1 N–H and O–H groups in total. The van der Waals surface area contributed by atoms with Crippen LogP contribution in [0.25, 0.3) is 5.69 Å². The van der Waals surface area contributed by atoms with E-state index in [1.54, 1.807) is 49.9 Å². The molecule has 1 saturated heterocycles. The number of rotatable bonds is 8. The van der Waals surface area contributed by atoms with Gasteiger partial charge in [0.2, 0.25) is 15.9 Å². The van der Waals surface area contributed by atoms with E-state index in [0.717, 1.165) is 18.9 Å². The van der Waals surface area contributed by atoms with Crippen molar-refractivity contribution in [2.75, 3.05) is 13.1 Å². The number of aromatic nitrogens is 2. The third-order valence-corrected chi connectivity index (χ3v) is 7.37. The van der Waals surface area contributed by atoms with Gasteiger partial charge in [-0.15, -0.1) is 0 Å². The number of carbonyl (C=O) groups excluding carboxylic acids is 1. The predicted octanol–water partition coefficient (Wildman–Crippen LogP) is 3.80. The van der Waals surface area contributed by atoms with E-state index in [2.05, 4.69) is 9.82 Å². The standard InChI is InChI=1S/C24H27N5O6S/c1-16(2)26-36(33,34)21-15-19(29(31)32)11-12-20(21)35-24-17(3)22(23(30)27-13-7-8-14-27)25-28(24)18-9-5-4-6-10-18/h4-6,9-12,15-16,26H,7-8,13-14H2,1-3H3. The van der Waals surface area contributed by atoms with E-state index in [1.165, 1.54) is 16.8 Å². The minimum atomic E-state index is -4.16. The number of hydrogen-bond donors (Lipinski definition) is 1. The van der Waals surface area contributed by atoms with Gasteiger partial charge in [-0.2, -0.15) is 9.78 Å². The molecule has 11 nitrogen and oxygen atoms in total. The first kappa shape index (κ1) is 25.3. The topological polar surface area (TPSA) is 137 Å². The van der Waals surface area contributed by atoms with E-state index in [4.69, 9.17) is 4.74 Å². The summed E-state index contributed by atoms with van der Waals surface area (Å²) in [5.41, 5.74) is 0.823. The monoisotopic (exact) mass is 513 g/mol. The molecule has 0 radical (unpaired) electrons. The minimum Gasteiger partial charge on any atom is -0.437 e. The molecule has 1 aromatic heterocycles. The summed E-state index contributed by atoms with van der Waals surface area (Å²) in [5.74, 6) is -0.227. The van der Waals surface area contributed by atoms with E-state index in [1.807, 2.05) is 6.07 Å². The number of nitro groups is 1. The van der Waals surface area contributed by atoms with Gasteiger partial charge in [-0.1, -0.05) is 18.2 Å². The first-order valence-electron chi connectivity index (χ1n) is 11.5. The maximum Gasteiger partial charge on any atom is 0.274 e. The lowest BCUT2D eigenvalue weighted by molar-refractivity contribution is -0.385. The molecule has 12 heteroatoms. The molecule has 0 unspecified atom stereocenters. The Morgan fingerprint density at radius 2 is 1.81 bits per heavy atom. The third-order valence-electron chi connectivity index (χ3n) is 5.69. The first-order chi connectivity index (χ1) is 17.1. The van der Waals surface area contributed by atoms with Gasteiger partial charge in [-0.3, -0.25) is 14.9 Å². The lowest BCUT2D eigenvalue weighted by atomic mass is 10.2. The van der Waals surface area contributed by atoms with Crippen LogP contribution in [0.4, 0.5) is 5.69 Å². The molecule has 2 heterocycles. The second kappa shape index (κ2) is 10.1. The number of ether oxygens (including phenoxy) is 1. The summed E-state index contributed by atoms with van der Waals surface area (Å²) in [6.45, 7) is 6.23. The van der Waals surface area contributed by atoms with Gasteiger partial charge in [0.1, 0.15) is 10.6 Å². The van der Waals surface area contributed by atoms with E-state index in [0.29, 0.717) is 24.3 Å². The van der Waals surface area contributed by atoms with Crippen LogP contribution in [-0.4, -0.2) is 53.1 Å². The van der Waals surface area contributed by atoms with Crippen LogP contribution in [-0.2, 0) is 10.0 Å². The Morgan fingerprint density at radius 1 is 1.14 bits per heavy atom. The number of nitrogens with zero attached hydrogens (tertiary/aromatic N) is 4. The molecule has 190 valence electrons. The fourth-order valence-electron chi connectivity index (χ4n) is 4.00. The predicted molar refractivity (Wildman–Crippen MR) is 132 cm³/mol. The number of non-ortho nitro benzene ring substituents is 1. The maximum absolute atomic E-state index is 13.2. The van der Waals surface area contributed by atoms with Crippen LogP contribution in [0.3, 0.4) is 0 Å². The molecule has 1 aliphatic rings. The van der Waals surface area contributed by atoms with Gasteiger partial charge in [0.15, 0.2) is 5.69 Å². The molecule has 2 aromatic carbocycles. The summed E-state index contributed by atoms with van der Waals surface area (Å²) in [7, 11) is -4.16. The molecule has 0 bridgehead atoms. The molecule has 1 fully saturated rings. The molecule has 4 rings (SSSR count). The SMILES string of the molecule is Cc1c(C(=O)N2CCCC2)nn(-c2ccccc2)c1Oc1ccc([N+](=O)[O-])cc1S(=O)(=O)NC(C)C. The van der Waals surface area contributed by atoms with Gasteiger partial charge >= 0.3 is 0 Å². The van der Waals surface area contributed by atoms with Crippen molar-refractivity contribution in [3.8, 4) is 17.3 Å². The Bertz CT molecular complexity index is 1400. The molecule has 1 amide bonds. The smallest absolute Gasteiger partial charge is 0.274 e. The number of benzene rings is 2. The van der Waals surface area contributed by atoms with Crippen LogP contribution in [0.5, 0.6) is 11.6 Å². The molecule has 0 aliphatic carbocycles. The van der Waals surface area contributed by atoms with E-state index in [9.17, 15) is 23.3 Å². The Balaban J connectivity index is 1.86. The van der Waals surface area contributed by atoms with Gasteiger partial charge in [-0.05, 0) is 51.8 Å². The molecule has 3 aromatic rings. The zero-order valence-corrected chi connectivity index (χ0v) is 21.0. The normalized spacial score (nSPS) is 13.8. The van der Waals surface area contributed by atoms with E-state index >= 15 is 0 Å². The number of nitrogens with one attached hydrogen (secondary N) is 1. The number of sulfonamides is 1. The number of para-hydroxylation sites is 1. The summed E-state index contributed by atoms with van der Waals surface area (Å²) >= 11 is 0. The zero-order valence-electron chi connectivity index (χ0n) is 20.2. The molecule has 0 atom stereocenters. The van der Waals surface area contributed by atoms with Crippen LogP contribution in [0.1, 0.15) is 42.7 Å². The number of amides is 1. The average Bonchev–Trinajstić information content (AvgIpc) is 3.48. The summed E-state index contributed by atoms with van der Waals surface area (Å²) in [4.78, 5) is 25.2. The average molecular weight is 514 g/mol. The van der Waals surface area contributed by atoms with Crippen molar-refractivity contribution in [2.24, 2.45) is 0 Å².